The van der Waals surface area contributed by atoms with Gasteiger partial charge >= 0.3 is 5.69 Å². The molecule has 0 aliphatic carbocycles. The van der Waals surface area contributed by atoms with Crippen LogP contribution < -0.4 is 10.5 Å². The van der Waals surface area contributed by atoms with E-state index in [0.29, 0.717) is 0 Å². The van der Waals surface area contributed by atoms with Crippen LogP contribution in [0.4, 0.5) is 5.69 Å². The van der Waals surface area contributed by atoms with E-state index >= 15 is 0 Å². The Labute approximate surface area is 92.2 Å². The molecule has 0 saturated heterocycles. The number of rotatable bonds is 4. The third-order valence-electron chi connectivity index (χ3n) is 2.02. The number of benzene rings is 1. The normalized spacial score (nSPS) is 11.9. The minimum absolute atomic E-state index is 0.0521. The van der Waals surface area contributed by atoms with Crippen molar-refractivity contribution in [1.29, 1.82) is 0 Å². The number of nitrogens with two attached hydrogens (primary N) is 1. The van der Waals surface area contributed by atoms with Crippen LogP contribution in [0.5, 0.6) is 5.75 Å². The molecule has 0 fully saturated rings. The molecule has 0 aliphatic heterocycles. The van der Waals surface area contributed by atoms with E-state index in [0.717, 1.165) is 5.56 Å². The Hall–Kier alpha value is -2.11. The molecular formula is C10H12N2O4. The zero-order chi connectivity index (χ0) is 12.3. The van der Waals surface area contributed by atoms with Crippen molar-refractivity contribution in [3.63, 3.8) is 0 Å². The van der Waals surface area contributed by atoms with Crippen molar-refractivity contribution in [3.8, 4) is 5.75 Å². The van der Waals surface area contributed by atoms with E-state index in [4.69, 9.17) is 10.5 Å². The SMILES string of the molecule is Cc1ccc([N+](=O)[O-])c(OC(C)C(N)=O)c1. The minimum atomic E-state index is -0.902. The first-order valence-corrected chi connectivity index (χ1v) is 4.63. The van der Waals surface area contributed by atoms with Gasteiger partial charge in [0.15, 0.2) is 11.9 Å². The summed E-state index contributed by atoms with van der Waals surface area (Å²) in [6, 6.07) is 4.43. The molecule has 1 amide bonds. The number of nitrogens with zero attached hydrogens (tertiary/aromatic N) is 1. The molecule has 0 radical (unpaired) electrons. The van der Waals surface area contributed by atoms with Gasteiger partial charge in [0, 0.05) is 6.07 Å². The van der Waals surface area contributed by atoms with Crippen molar-refractivity contribution in [1.82, 2.24) is 0 Å². The molecule has 0 aliphatic rings. The van der Waals surface area contributed by atoms with Crippen LogP contribution in [-0.4, -0.2) is 16.9 Å². The van der Waals surface area contributed by atoms with E-state index in [-0.39, 0.29) is 11.4 Å². The molecule has 6 heteroatoms. The highest BCUT2D eigenvalue weighted by Gasteiger charge is 2.19. The molecule has 86 valence electrons. The Balaban J connectivity index is 3.05. The number of nitro benzene ring substituents is 1. The first-order chi connectivity index (χ1) is 7.41. The summed E-state index contributed by atoms with van der Waals surface area (Å²) in [7, 11) is 0. The first-order valence-electron chi connectivity index (χ1n) is 4.63. The third kappa shape index (κ3) is 2.69. The summed E-state index contributed by atoms with van der Waals surface area (Å²) in [5.41, 5.74) is 5.64. The number of carbonyl (C=O) groups is 1. The molecule has 0 aromatic heterocycles. The summed E-state index contributed by atoms with van der Waals surface area (Å²) in [5.74, 6) is -0.618. The van der Waals surface area contributed by atoms with E-state index in [1.54, 1.807) is 13.0 Å². The predicted octanol–water partition coefficient (Wildman–Crippen LogP) is 1.16. The van der Waals surface area contributed by atoms with Crippen LogP contribution in [0.3, 0.4) is 0 Å². The Morgan fingerprint density at radius 3 is 2.69 bits per heavy atom. The van der Waals surface area contributed by atoms with Gasteiger partial charge in [-0.05, 0) is 25.5 Å². The molecule has 0 heterocycles. The number of ether oxygens (including phenoxy) is 1. The number of primary amides is 1. The first kappa shape index (κ1) is 12.0. The van der Waals surface area contributed by atoms with Crippen LogP contribution in [0, 0.1) is 17.0 Å². The number of amides is 1. The summed E-state index contributed by atoms with van der Waals surface area (Å²) >= 11 is 0. The summed E-state index contributed by atoms with van der Waals surface area (Å²) in [6.07, 6.45) is -0.902. The van der Waals surface area contributed by atoms with Gasteiger partial charge in [0.25, 0.3) is 5.91 Å². The lowest BCUT2D eigenvalue weighted by Gasteiger charge is -2.11. The fraction of sp³-hybridized carbons (Fsp3) is 0.300. The maximum atomic E-state index is 10.8. The van der Waals surface area contributed by atoms with Gasteiger partial charge < -0.3 is 10.5 Å². The van der Waals surface area contributed by atoms with E-state index in [1.807, 2.05) is 0 Å². The Kier molecular flexibility index (Phi) is 3.44. The summed E-state index contributed by atoms with van der Waals surface area (Å²) in [6.45, 7) is 3.21. The highest BCUT2D eigenvalue weighted by molar-refractivity contribution is 5.78. The van der Waals surface area contributed by atoms with Gasteiger partial charge in [0.05, 0.1) is 4.92 Å². The van der Waals surface area contributed by atoms with Gasteiger partial charge in [-0.15, -0.1) is 0 Å². The number of carbonyl (C=O) groups excluding carboxylic acids is 1. The average Bonchev–Trinajstić information content (AvgIpc) is 2.16. The fourth-order valence-corrected chi connectivity index (χ4v) is 1.12. The van der Waals surface area contributed by atoms with Crippen LogP contribution >= 0.6 is 0 Å². The van der Waals surface area contributed by atoms with E-state index in [1.165, 1.54) is 19.1 Å². The molecule has 0 bridgehead atoms. The lowest BCUT2D eigenvalue weighted by atomic mass is 10.2. The second-order valence-corrected chi connectivity index (χ2v) is 3.39. The standard InChI is InChI=1S/C10H12N2O4/c1-6-3-4-8(12(14)15)9(5-6)16-7(2)10(11)13/h3-5,7H,1-2H3,(H2,11,13). The van der Waals surface area contributed by atoms with Crippen molar-refractivity contribution in [2.24, 2.45) is 5.73 Å². The largest absolute Gasteiger partial charge is 0.474 e. The van der Waals surface area contributed by atoms with Crippen LogP contribution in [0.25, 0.3) is 0 Å². The van der Waals surface area contributed by atoms with Gasteiger partial charge in [-0.3, -0.25) is 14.9 Å². The molecule has 1 aromatic rings. The molecule has 6 nitrogen and oxygen atoms in total. The lowest BCUT2D eigenvalue weighted by Crippen LogP contribution is -2.30. The molecule has 1 atom stereocenters. The minimum Gasteiger partial charge on any atom is -0.474 e. The quantitative estimate of drug-likeness (QED) is 0.613. The van der Waals surface area contributed by atoms with Crippen molar-refractivity contribution in [3.05, 3.63) is 33.9 Å². The van der Waals surface area contributed by atoms with Crippen molar-refractivity contribution < 1.29 is 14.5 Å². The summed E-state index contributed by atoms with van der Waals surface area (Å²) in [4.78, 5) is 20.9. The van der Waals surface area contributed by atoms with Crippen LogP contribution in [-0.2, 0) is 4.79 Å². The fourth-order valence-electron chi connectivity index (χ4n) is 1.12. The third-order valence-corrected chi connectivity index (χ3v) is 2.02. The van der Waals surface area contributed by atoms with Crippen molar-refractivity contribution >= 4 is 11.6 Å². The maximum Gasteiger partial charge on any atom is 0.310 e. The topological polar surface area (TPSA) is 95.5 Å². The average molecular weight is 224 g/mol. The summed E-state index contributed by atoms with van der Waals surface area (Å²) < 4.78 is 5.13. The highest BCUT2D eigenvalue weighted by atomic mass is 16.6. The molecule has 16 heavy (non-hydrogen) atoms. The van der Waals surface area contributed by atoms with E-state index in [2.05, 4.69) is 0 Å². The monoisotopic (exact) mass is 224 g/mol. The lowest BCUT2D eigenvalue weighted by molar-refractivity contribution is -0.386. The van der Waals surface area contributed by atoms with Gasteiger partial charge in [0.1, 0.15) is 0 Å². The van der Waals surface area contributed by atoms with Crippen LogP contribution in [0.15, 0.2) is 18.2 Å². The van der Waals surface area contributed by atoms with Gasteiger partial charge in [-0.2, -0.15) is 0 Å². The Morgan fingerprint density at radius 2 is 2.19 bits per heavy atom. The number of hydrogen-bond donors (Lipinski definition) is 1. The van der Waals surface area contributed by atoms with Gasteiger partial charge in [0.2, 0.25) is 0 Å². The predicted molar refractivity (Wildman–Crippen MR) is 57.1 cm³/mol. The molecular weight excluding hydrogens is 212 g/mol. The molecule has 1 aromatic carbocycles. The second kappa shape index (κ2) is 4.61. The second-order valence-electron chi connectivity index (χ2n) is 3.39. The van der Waals surface area contributed by atoms with E-state index in [9.17, 15) is 14.9 Å². The number of aryl methyl sites for hydroxylation is 1. The molecule has 2 N–H and O–H groups in total. The van der Waals surface area contributed by atoms with Gasteiger partial charge in [-0.25, -0.2) is 0 Å². The molecule has 0 spiro atoms. The number of nitro groups is 1. The van der Waals surface area contributed by atoms with Crippen molar-refractivity contribution in [2.45, 2.75) is 20.0 Å². The Morgan fingerprint density at radius 1 is 1.56 bits per heavy atom. The molecule has 0 saturated carbocycles. The molecule has 1 rings (SSSR count). The Bertz CT molecular complexity index is 431. The highest BCUT2D eigenvalue weighted by Crippen LogP contribution is 2.28. The smallest absolute Gasteiger partial charge is 0.310 e. The zero-order valence-electron chi connectivity index (χ0n) is 8.97. The van der Waals surface area contributed by atoms with Crippen molar-refractivity contribution in [2.75, 3.05) is 0 Å². The zero-order valence-corrected chi connectivity index (χ0v) is 8.97. The maximum absolute atomic E-state index is 10.8. The molecule has 1 unspecified atom stereocenters. The van der Waals surface area contributed by atoms with Crippen LogP contribution in [0.1, 0.15) is 12.5 Å². The van der Waals surface area contributed by atoms with Crippen LogP contribution in [0.2, 0.25) is 0 Å². The van der Waals surface area contributed by atoms with Gasteiger partial charge in [-0.1, -0.05) is 6.07 Å². The number of hydrogen-bond acceptors (Lipinski definition) is 4. The van der Waals surface area contributed by atoms with E-state index < -0.39 is 16.9 Å². The summed E-state index contributed by atoms with van der Waals surface area (Å²) in [5, 5.41) is 10.7.